The Morgan fingerprint density at radius 3 is 2.29 bits per heavy atom. The molecule has 0 spiro atoms. The predicted molar refractivity (Wildman–Crippen MR) is 136 cm³/mol. The van der Waals surface area contributed by atoms with Gasteiger partial charge >= 0.3 is 5.69 Å². The van der Waals surface area contributed by atoms with Crippen molar-refractivity contribution in [3.63, 3.8) is 0 Å². The molecular formula is C27H30N3O8+. The molecule has 3 heterocycles. The highest BCUT2D eigenvalue weighted by Gasteiger charge is 2.56. The Labute approximate surface area is 218 Å². The standard InChI is InChI=1S/C27H29N3O8/c1-27(2)37-23-21(15-34-3)36-25(24(23)38-27)30-20(17-7-9-18(28-33)10-8-17)13-22(31)29(26(30)32)14-16-5-11-19(35-4)12-6-16/h5-13,21,23-25H,14-15H2,1-4H3/p+1/t21-,23?,24?,25-/m1/s1. The van der Waals surface area contributed by atoms with Crippen LogP contribution in [0.25, 0.3) is 11.3 Å². The van der Waals surface area contributed by atoms with E-state index in [1.54, 1.807) is 76.6 Å². The molecule has 0 radical (unpaired) electrons. The number of hydrogen-bond acceptors (Lipinski definition) is 8. The van der Waals surface area contributed by atoms with Crippen molar-refractivity contribution in [2.24, 2.45) is 0 Å². The minimum atomic E-state index is -0.899. The van der Waals surface area contributed by atoms with Crippen LogP contribution in [0.4, 0.5) is 5.69 Å². The zero-order chi connectivity index (χ0) is 27.0. The Hall–Kier alpha value is -3.64. The lowest BCUT2D eigenvalue weighted by Crippen LogP contribution is -2.55. The maximum Gasteiger partial charge on any atom is 0.334 e. The fourth-order valence-corrected chi connectivity index (χ4v) is 4.99. The van der Waals surface area contributed by atoms with Crippen molar-refractivity contribution in [3.8, 4) is 17.0 Å². The lowest BCUT2D eigenvalue weighted by Gasteiger charge is -2.27. The number of hydrogen-bond donors (Lipinski definition) is 1. The van der Waals surface area contributed by atoms with Crippen LogP contribution in [0.3, 0.4) is 0 Å². The van der Waals surface area contributed by atoms with Gasteiger partial charge in [0.1, 0.15) is 24.1 Å². The highest BCUT2D eigenvalue weighted by Crippen LogP contribution is 2.43. The molecule has 200 valence electrons. The van der Waals surface area contributed by atoms with Gasteiger partial charge in [-0.2, -0.15) is 0 Å². The van der Waals surface area contributed by atoms with E-state index in [0.29, 0.717) is 22.7 Å². The van der Waals surface area contributed by atoms with Crippen LogP contribution in [0, 0.1) is 4.91 Å². The van der Waals surface area contributed by atoms with Crippen molar-refractivity contribution in [3.05, 3.63) is 85.9 Å². The summed E-state index contributed by atoms with van der Waals surface area (Å²) in [6.07, 6.45) is -2.50. The van der Waals surface area contributed by atoms with Crippen LogP contribution in [-0.4, -0.2) is 54.1 Å². The summed E-state index contributed by atoms with van der Waals surface area (Å²) in [5.74, 6) is -0.230. The van der Waals surface area contributed by atoms with Crippen LogP contribution in [-0.2, 0) is 25.5 Å². The van der Waals surface area contributed by atoms with E-state index in [-0.39, 0.29) is 13.2 Å². The third-order valence-corrected chi connectivity index (χ3v) is 6.73. The second-order valence-electron chi connectivity index (χ2n) is 9.72. The van der Waals surface area contributed by atoms with Gasteiger partial charge in [-0.05, 0) is 49.2 Å². The molecule has 38 heavy (non-hydrogen) atoms. The summed E-state index contributed by atoms with van der Waals surface area (Å²) in [5, 5.41) is 1.83. The minimum absolute atomic E-state index is 0.0478. The Morgan fingerprint density at radius 1 is 0.974 bits per heavy atom. The molecule has 2 unspecified atom stereocenters. The smallest absolute Gasteiger partial charge is 0.334 e. The zero-order valence-electron chi connectivity index (χ0n) is 21.6. The number of nitroso groups, excluding NO2 is 1. The SMILES string of the molecule is COC[C@H]1O[C@@H](n2c(-c3ccc([NH+]=O)cc3)cc(=O)n(Cc3ccc(OC)cc3)c2=O)C2OC(C)(C)OC21. The molecule has 3 aromatic rings. The molecule has 0 saturated carbocycles. The number of benzene rings is 2. The summed E-state index contributed by atoms with van der Waals surface area (Å²) in [6.45, 7) is 3.88. The highest BCUT2D eigenvalue weighted by molar-refractivity contribution is 5.61. The maximum atomic E-state index is 14.1. The molecule has 11 nitrogen and oxygen atoms in total. The van der Waals surface area contributed by atoms with E-state index in [9.17, 15) is 14.5 Å². The van der Waals surface area contributed by atoms with Crippen molar-refractivity contribution < 1.29 is 28.9 Å². The zero-order valence-corrected chi connectivity index (χ0v) is 21.6. The molecule has 0 aliphatic carbocycles. The summed E-state index contributed by atoms with van der Waals surface area (Å²) in [7, 11) is 3.13. The lowest BCUT2D eigenvalue weighted by molar-refractivity contribution is -0.379. The number of rotatable bonds is 8. The first-order chi connectivity index (χ1) is 18.2. The van der Waals surface area contributed by atoms with E-state index in [4.69, 9.17) is 23.7 Å². The average Bonchev–Trinajstić information content (AvgIpc) is 3.40. The van der Waals surface area contributed by atoms with Gasteiger partial charge in [0.2, 0.25) is 0 Å². The summed E-state index contributed by atoms with van der Waals surface area (Å²) < 4.78 is 31.8. The molecule has 1 N–H and O–H groups in total. The Balaban J connectivity index is 1.65. The van der Waals surface area contributed by atoms with Crippen LogP contribution in [0.5, 0.6) is 5.75 Å². The fourth-order valence-electron chi connectivity index (χ4n) is 4.99. The number of nitrogens with one attached hydrogen (secondary N) is 1. The Morgan fingerprint density at radius 2 is 1.66 bits per heavy atom. The third-order valence-electron chi connectivity index (χ3n) is 6.73. The van der Waals surface area contributed by atoms with Gasteiger partial charge < -0.3 is 23.7 Å². The van der Waals surface area contributed by atoms with E-state index in [0.717, 1.165) is 10.1 Å². The van der Waals surface area contributed by atoms with Gasteiger partial charge in [-0.25, -0.2) is 4.79 Å². The van der Waals surface area contributed by atoms with Crippen LogP contribution in [0.1, 0.15) is 25.6 Å². The Bertz CT molecular complexity index is 1430. The highest BCUT2D eigenvalue weighted by atomic mass is 16.8. The molecule has 11 heteroatoms. The van der Waals surface area contributed by atoms with Crippen molar-refractivity contribution in [2.45, 2.75) is 50.7 Å². The topological polar surface area (TPSA) is 121 Å². The van der Waals surface area contributed by atoms with Gasteiger partial charge in [0.25, 0.3) is 11.2 Å². The number of fused-ring (bicyclic) bond motifs is 1. The van der Waals surface area contributed by atoms with Gasteiger partial charge in [0.15, 0.2) is 12.0 Å². The van der Waals surface area contributed by atoms with Gasteiger partial charge in [-0.1, -0.05) is 12.1 Å². The molecule has 5 rings (SSSR count). The van der Waals surface area contributed by atoms with E-state index < -0.39 is 41.6 Å². The van der Waals surface area contributed by atoms with Gasteiger partial charge in [0, 0.05) is 35.4 Å². The molecule has 1 aromatic heterocycles. The quantitative estimate of drug-likeness (QED) is 0.468. The van der Waals surface area contributed by atoms with E-state index in [1.165, 1.54) is 10.6 Å². The number of aromatic nitrogens is 2. The van der Waals surface area contributed by atoms with Crippen LogP contribution in [0.2, 0.25) is 0 Å². The van der Waals surface area contributed by atoms with E-state index in [1.807, 2.05) is 5.18 Å². The fraction of sp³-hybridized carbons (Fsp3) is 0.407. The van der Waals surface area contributed by atoms with Gasteiger partial charge in [-0.3, -0.25) is 13.9 Å². The molecule has 2 aliphatic heterocycles. The monoisotopic (exact) mass is 524 g/mol. The molecule has 0 amide bonds. The van der Waals surface area contributed by atoms with Gasteiger partial charge in [-0.15, -0.1) is 0 Å². The summed E-state index contributed by atoms with van der Waals surface area (Å²) in [4.78, 5) is 38.4. The molecule has 2 aliphatic rings. The second kappa shape index (κ2) is 10.3. The lowest BCUT2D eigenvalue weighted by atomic mass is 10.1. The van der Waals surface area contributed by atoms with Crippen molar-refractivity contribution in [1.82, 2.24) is 9.13 Å². The van der Waals surface area contributed by atoms with E-state index in [2.05, 4.69) is 0 Å². The molecule has 0 bridgehead atoms. The van der Waals surface area contributed by atoms with Crippen molar-refractivity contribution in [2.75, 3.05) is 20.8 Å². The summed E-state index contributed by atoms with van der Waals surface area (Å²) in [5.41, 5.74) is 0.947. The van der Waals surface area contributed by atoms with Crippen LogP contribution < -0.4 is 21.2 Å². The second-order valence-corrected chi connectivity index (χ2v) is 9.72. The number of nitrogens with zero attached hydrogens (tertiary/aromatic N) is 2. The molecule has 4 atom stereocenters. The largest absolute Gasteiger partial charge is 0.497 e. The number of ether oxygens (including phenoxy) is 5. The first-order valence-electron chi connectivity index (χ1n) is 12.2. The first kappa shape index (κ1) is 26.0. The number of methoxy groups -OCH3 is 2. The predicted octanol–water partition coefficient (Wildman–Crippen LogP) is 1.28. The van der Waals surface area contributed by atoms with Gasteiger partial charge in [0.05, 0.1) is 26.0 Å². The Kier molecular flexibility index (Phi) is 7.01. The molecule has 2 fully saturated rings. The van der Waals surface area contributed by atoms with Crippen molar-refractivity contribution >= 4 is 5.69 Å². The van der Waals surface area contributed by atoms with Crippen LogP contribution >= 0.6 is 0 Å². The molecular weight excluding hydrogens is 494 g/mol. The molecule has 2 saturated heterocycles. The third kappa shape index (κ3) is 4.81. The summed E-state index contributed by atoms with van der Waals surface area (Å²) in [6, 6.07) is 15.0. The molecule has 2 aromatic carbocycles. The summed E-state index contributed by atoms with van der Waals surface area (Å²) >= 11 is 0. The average molecular weight is 525 g/mol. The minimum Gasteiger partial charge on any atom is -0.497 e. The normalized spacial score (nSPS) is 23.8. The van der Waals surface area contributed by atoms with Crippen molar-refractivity contribution in [1.29, 1.82) is 0 Å². The van der Waals surface area contributed by atoms with E-state index >= 15 is 0 Å². The maximum absolute atomic E-state index is 14.1. The van der Waals surface area contributed by atoms with Crippen LogP contribution in [0.15, 0.2) is 64.2 Å². The first-order valence-corrected chi connectivity index (χ1v) is 12.2.